The summed E-state index contributed by atoms with van der Waals surface area (Å²) >= 11 is 7.69. The molecular formula is C23H17ClN4OS. The summed E-state index contributed by atoms with van der Waals surface area (Å²) in [6, 6.07) is 17.2. The van der Waals surface area contributed by atoms with Crippen LogP contribution in [0.25, 0.3) is 21.1 Å². The molecule has 5 aromatic rings. The van der Waals surface area contributed by atoms with Gasteiger partial charge < -0.3 is 4.98 Å². The Morgan fingerprint density at radius 3 is 2.83 bits per heavy atom. The predicted molar refractivity (Wildman–Crippen MR) is 122 cm³/mol. The third-order valence-corrected chi connectivity index (χ3v) is 6.22. The molecule has 7 heteroatoms. The number of benzene rings is 2. The average molecular weight is 433 g/mol. The molecule has 5 nitrogen and oxygen atoms in total. The SMILES string of the molecule is Cc1cc(Cl)cc2sc(N(Cc3ccccn3)C(=O)c3c[nH]c4ccccc34)nc12. The summed E-state index contributed by atoms with van der Waals surface area (Å²) in [5.74, 6) is -0.124. The standard InChI is InChI=1S/C23H17ClN4OS/c1-14-10-15(24)11-20-21(14)27-23(30-20)28(13-16-6-4-5-9-25-16)22(29)18-12-26-19-8-3-2-7-17(18)19/h2-12,26H,13H2,1H3. The third kappa shape index (κ3) is 3.34. The van der Waals surface area contributed by atoms with Crippen molar-refractivity contribution < 1.29 is 4.79 Å². The van der Waals surface area contributed by atoms with E-state index in [9.17, 15) is 4.79 Å². The van der Waals surface area contributed by atoms with E-state index in [1.807, 2.05) is 61.5 Å². The second-order valence-corrected chi connectivity index (χ2v) is 8.47. The first-order valence-corrected chi connectivity index (χ1v) is 10.6. The molecular weight excluding hydrogens is 416 g/mol. The van der Waals surface area contributed by atoms with Crippen LogP contribution < -0.4 is 4.90 Å². The highest BCUT2D eigenvalue weighted by Gasteiger charge is 2.25. The van der Waals surface area contributed by atoms with Crippen molar-refractivity contribution in [2.75, 3.05) is 4.90 Å². The lowest BCUT2D eigenvalue weighted by molar-refractivity contribution is 0.0986. The molecule has 0 fully saturated rings. The van der Waals surface area contributed by atoms with Gasteiger partial charge in [0.25, 0.3) is 5.91 Å². The van der Waals surface area contributed by atoms with E-state index < -0.39 is 0 Å². The van der Waals surface area contributed by atoms with Crippen molar-refractivity contribution in [2.24, 2.45) is 0 Å². The third-order valence-electron chi connectivity index (χ3n) is 4.98. The van der Waals surface area contributed by atoms with Crippen LogP contribution >= 0.6 is 22.9 Å². The van der Waals surface area contributed by atoms with Crippen LogP contribution in [0.15, 0.2) is 67.0 Å². The van der Waals surface area contributed by atoms with E-state index in [1.54, 1.807) is 17.3 Å². The molecule has 0 unspecified atom stereocenters. The first-order valence-electron chi connectivity index (χ1n) is 9.45. The molecule has 0 bridgehead atoms. The van der Waals surface area contributed by atoms with Crippen molar-refractivity contribution in [3.8, 4) is 0 Å². The van der Waals surface area contributed by atoms with Crippen molar-refractivity contribution in [2.45, 2.75) is 13.5 Å². The Morgan fingerprint density at radius 1 is 1.17 bits per heavy atom. The van der Waals surface area contributed by atoms with Gasteiger partial charge in [0.2, 0.25) is 0 Å². The first-order chi connectivity index (χ1) is 14.6. The fraction of sp³-hybridized carbons (Fsp3) is 0.0870. The molecule has 0 aliphatic heterocycles. The molecule has 148 valence electrons. The molecule has 3 aromatic heterocycles. The highest BCUT2D eigenvalue weighted by atomic mass is 35.5. The van der Waals surface area contributed by atoms with E-state index in [-0.39, 0.29) is 5.91 Å². The number of para-hydroxylation sites is 1. The van der Waals surface area contributed by atoms with Crippen molar-refractivity contribution >= 4 is 55.1 Å². The number of nitrogens with one attached hydrogen (secondary N) is 1. The summed E-state index contributed by atoms with van der Waals surface area (Å²) in [6.45, 7) is 2.30. The molecule has 5 rings (SSSR count). The Balaban J connectivity index is 1.63. The lowest BCUT2D eigenvalue weighted by Gasteiger charge is -2.19. The summed E-state index contributed by atoms with van der Waals surface area (Å²) in [5, 5.41) is 2.17. The number of carbonyl (C=O) groups is 1. The van der Waals surface area contributed by atoms with Crippen LogP contribution in [0.4, 0.5) is 5.13 Å². The van der Waals surface area contributed by atoms with Crippen LogP contribution in [0.1, 0.15) is 21.6 Å². The number of aryl methyl sites for hydroxylation is 1. The highest BCUT2D eigenvalue weighted by Crippen LogP contribution is 2.34. The number of carbonyl (C=O) groups excluding carboxylic acids is 1. The molecule has 1 amide bonds. The fourth-order valence-corrected chi connectivity index (χ4v) is 4.95. The number of H-pyrrole nitrogens is 1. The maximum Gasteiger partial charge on any atom is 0.262 e. The Morgan fingerprint density at radius 2 is 2.00 bits per heavy atom. The number of fused-ring (bicyclic) bond motifs is 2. The second-order valence-electron chi connectivity index (χ2n) is 7.03. The van der Waals surface area contributed by atoms with Crippen LogP contribution in [-0.2, 0) is 6.54 Å². The Hall–Kier alpha value is -3.22. The van der Waals surface area contributed by atoms with Gasteiger partial charge in [-0.1, -0.05) is 47.2 Å². The van der Waals surface area contributed by atoms with Gasteiger partial charge in [-0.15, -0.1) is 0 Å². The van der Waals surface area contributed by atoms with Gasteiger partial charge in [-0.05, 0) is 42.8 Å². The van der Waals surface area contributed by atoms with Crippen molar-refractivity contribution in [3.63, 3.8) is 0 Å². The van der Waals surface area contributed by atoms with E-state index >= 15 is 0 Å². The number of pyridine rings is 1. The number of rotatable bonds is 4. The minimum atomic E-state index is -0.124. The molecule has 0 saturated heterocycles. The Bertz CT molecular complexity index is 1380. The lowest BCUT2D eigenvalue weighted by Crippen LogP contribution is -2.30. The van der Waals surface area contributed by atoms with E-state index in [4.69, 9.17) is 16.6 Å². The summed E-state index contributed by atoms with van der Waals surface area (Å²) in [4.78, 5) is 27.7. The Kier molecular flexibility index (Phi) is 4.73. The molecule has 0 aliphatic rings. The van der Waals surface area contributed by atoms with Crippen LogP contribution in [0.2, 0.25) is 5.02 Å². The summed E-state index contributed by atoms with van der Waals surface area (Å²) in [7, 11) is 0. The number of thiazole rings is 1. The molecule has 0 atom stereocenters. The second kappa shape index (κ2) is 7.55. The summed E-state index contributed by atoms with van der Waals surface area (Å²) in [5.41, 5.74) is 4.16. The van der Waals surface area contributed by atoms with Crippen LogP contribution in [-0.4, -0.2) is 20.9 Å². The molecule has 30 heavy (non-hydrogen) atoms. The Labute approximate surface area is 182 Å². The number of aromatic amines is 1. The van der Waals surface area contributed by atoms with Gasteiger partial charge in [-0.2, -0.15) is 0 Å². The first kappa shape index (κ1) is 18.8. The monoisotopic (exact) mass is 432 g/mol. The number of nitrogens with zero attached hydrogens (tertiary/aromatic N) is 3. The molecule has 1 N–H and O–H groups in total. The molecule has 0 radical (unpaired) electrons. The van der Waals surface area contributed by atoms with Crippen LogP contribution in [0.3, 0.4) is 0 Å². The number of amides is 1. The van der Waals surface area contributed by atoms with E-state index in [1.165, 1.54) is 11.3 Å². The minimum Gasteiger partial charge on any atom is -0.360 e. The summed E-state index contributed by atoms with van der Waals surface area (Å²) < 4.78 is 0.952. The smallest absolute Gasteiger partial charge is 0.262 e. The van der Waals surface area contributed by atoms with Gasteiger partial charge in [0.15, 0.2) is 5.13 Å². The van der Waals surface area contributed by atoms with Gasteiger partial charge in [-0.3, -0.25) is 14.7 Å². The lowest BCUT2D eigenvalue weighted by atomic mass is 10.1. The highest BCUT2D eigenvalue weighted by molar-refractivity contribution is 7.22. The largest absolute Gasteiger partial charge is 0.360 e. The zero-order valence-electron chi connectivity index (χ0n) is 16.1. The van der Waals surface area contributed by atoms with Gasteiger partial charge in [0.05, 0.1) is 28.0 Å². The summed E-state index contributed by atoms with van der Waals surface area (Å²) in [6.07, 6.45) is 3.49. The number of aromatic nitrogens is 3. The van der Waals surface area contributed by atoms with Crippen molar-refractivity contribution in [1.82, 2.24) is 15.0 Å². The van der Waals surface area contributed by atoms with Crippen molar-refractivity contribution in [3.05, 3.63) is 88.8 Å². The zero-order chi connectivity index (χ0) is 20.7. The molecule has 2 aromatic carbocycles. The minimum absolute atomic E-state index is 0.124. The van der Waals surface area contributed by atoms with Gasteiger partial charge in [0.1, 0.15) is 0 Å². The van der Waals surface area contributed by atoms with E-state index in [0.29, 0.717) is 22.3 Å². The average Bonchev–Trinajstić information content (AvgIpc) is 3.37. The normalized spacial score (nSPS) is 11.3. The molecule has 0 aliphatic carbocycles. The maximum absolute atomic E-state index is 13.7. The quantitative estimate of drug-likeness (QED) is 0.380. The van der Waals surface area contributed by atoms with Crippen LogP contribution in [0, 0.1) is 6.92 Å². The van der Waals surface area contributed by atoms with Gasteiger partial charge >= 0.3 is 0 Å². The maximum atomic E-state index is 13.7. The number of hydrogen-bond donors (Lipinski definition) is 1. The van der Waals surface area contributed by atoms with Gasteiger partial charge in [-0.25, -0.2) is 4.98 Å². The van der Waals surface area contributed by atoms with Crippen LogP contribution in [0.5, 0.6) is 0 Å². The number of hydrogen-bond acceptors (Lipinski definition) is 4. The number of anilines is 1. The zero-order valence-corrected chi connectivity index (χ0v) is 17.7. The number of halogens is 1. The molecule has 0 spiro atoms. The fourth-order valence-electron chi connectivity index (χ4n) is 3.53. The van der Waals surface area contributed by atoms with E-state index in [2.05, 4.69) is 9.97 Å². The molecule has 0 saturated carbocycles. The molecule has 3 heterocycles. The van der Waals surface area contributed by atoms with E-state index in [0.717, 1.165) is 32.4 Å². The van der Waals surface area contributed by atoms with Crippen molar-refractivity contribution in [1.29, 1.82) is 0 Å². The predicted octanol–water partition coefficient (Wildman–Crippen LogP) is 5.98. The topological polar surface area (TPSA) is 61.9 Å². The van der Waals surface area contributed by atoms with Gasteiger partial charge in [0, 0.05) is 28.3 Å².